The van der Waals surface area contributed by atoms with Crippen LogP contribution in [-0.4, -0.2) is 109 Å². The number of hydrogen-bond acceptors (Lipinski definition) is 17. The summed E-state index contributed by atoms with van der Waals surface area (Å²) in [4.78, 5) is 69.9. The molecule has 1 aromatic heterocycles. The van der Waals surface area contributed by atoms with Gasteiger partial charge < -0.3 is 35.1 Å². The van der Waals surface area contributed by atoms with Gasteiger partial charge in [-0.25, -0.2) is 35.9 Å². The summed E-state index contributed by atoms with van der Waals surface area (Å²) in [5, 5.41) is 29.7. The number of amides is 3. The van der Waals surface area contributed by atoms with E-state index in [1.165, 1.54) is 23.5 Å². The zero-order valence-corrected chi connectivity index (χ0v) is 37.5. The molecule has 69 heavy (non-hydrogen) atoms. The molecule has 24 nitrogen and oxygen atoms in total. The summed E-state index contributed by atoms with van der Waals surface area (Å²) in [6, 6.07) is 7.28. The van der Waals surface area contributed by atoms with Gasteiger partial charge in [-0.1, -0.05) is 23.7 Å². The zero-order valence-electron chi connectivity index (χ0n) is 34.3. The predicted molar refractivity (Wildman–Crippen MR) is 221 cm³/mol. The van der Waals surface area contributed by atoms with Crippen molar-refractivity contribution >= 4 is 74.5 Å². The first-order valence-electron chi connectivity index (χ1n) is 17.7. The summed E-state index contributed by atoms with van der Waals surface area (Å²) in [6.07, 6.45) is -3.94. The van der Waals surface area contributed by atoms with E-state index in [1.54, 1.807) is 10.0 Å². The number of carboxylic acids is 2. The van der Waals surface area contributed by atoms with Gasteiger partial charge in [0.15, 0.2) is 7.37 Å². The Morgan fingerprint density at radius 2 is 1.46 bits per heavy atom. The Hall–Kier alpha value is -6.93. The molecule has 0 spiro atoms. The molecule has 0 saturated carbocycles. The second-order valence-corrected chi connectivity index (χ2v) is 19.2. The van der Waals surface area contributed by atoms with E-state index in [-0.39, 0.29) is 24.1 Å². The number of urea groups is 1. The standard InChI is InChI=1S/C15H10ClF3N2O6S.C14H10F4N4O7S.C5H12NO4P/c1-28(25,26)20-14(22)10-7-9(3-4-12(10)21(23)24)27-13-5-2-8(6-11(13)16)15(17,18)19;15-11(16)28-8-5-9(29-12(17)18)20-13(19-8)21-14(25)22-30(26,27)7-4-2-1-3-6(7)10(23)24;1-11(9,10)3-2-4(6)5(7)8/h2-7H,1H3,(H,20,22);1-5,11-12H,(H,23,24)(H2,19,20,21,22,25);4H,2-3,6H2,1H3,(H,7,8)(H,9,10). The quantitative estimate of drug-likeness (QED) is 0.0304. The number of nitro benzene ring substituents is 1. The normalized spacial score (nSPS) is 12.7. The Kier molecular flexibility index (Phi) is 20.6. The maximum atomic E-state index is 12.7. The lowest BCUT2D eigenvalue weighted by Gasteiger charge is -2.12. The molecule has 3 amide bonds. The smallest absolute Gasteiger partial charge is 0.416 e. The van der Waals surface area contributed by atoms with Crippen molar-refractivity contribution < 1.29 is 106 Å². The van der Waals surface area contributed by atoms with Crippen molar-refractivity contribution in [3.8, 4) is 23.3 Å². The minimum atomic E-state index is -4.71. The van der Waals surface area contributed by atoms with Crippen LogP contribution in [0.15, 0.2) is 71.6 Å². The highest BCUT2D eigenvalue weighted by molar-refractivity contribution is 7.90. The molecule has 0 fully saturated rings. The Morgan fingerprint density at radius 3 is 1.93 bits per heavy atom. The fraction of sp³-hybridized carbons (Fsp3) is 0.235. The monoisotopic (exact) mass is 1070 g/mol. The molecule has 4 aromatic rings. The Balaban J connectivity index is 0.000000391. The molecule has 0 aliphatic carbocycles. The highest BCUT2D eigenvalue weighted by Crippen LogP contribution is 2.38. The van der Waals surface area contributed by atoms with Gasteiger partial charge in [-0.05, 0) is 42.8 Å². The molecule has 378 valence electrons. The first-order valence-corrected chi connectivity index (χ1v) is 23.7. The zero-order chi connectivity index (χ0) is 52.8. The molecular formula is C34H32ClF7N7O17PS2. The Morgan fingerprint density at radius 1 is 0.899 bits per heavy atom. The number of nitrogens with one attached hydrogen (secondary N) is 3. The molecule has 4 rings (SSSR count). The number of nitrogens with two attached hydrogens (primary N) is 1. The number of rotatable bonds is 17. The molecule has 8 N–H and O–H groups in total. The number of aromatic nitrogens is 2. The third-order valence-corrected chi connectivity index (χ3v) is 10.6. The van der Waals surface area contributed by atoms with Crippen molar-refractivity contribution in [2.75, 3.05) is 24.4 Å². The van der Waals surface area contributed by atoms with E-state index in [0.29, 0.717) is 24.5 Å². The van der Waals surface area contributed by atoms with Crippen LogP contribution >= 0.6 is 19.0 Å². The van der Waals surface area contributed by atoms with E-state index >= 15 is 0 Å². The van der Waals surface area contributed by atoms with Crippen LogP contribution < -0.4 is 34.7 Å². The number of ether oxygens (including phenoxy) is 3. The number of aliphatic carboxylic acids is 1. The molecule has 0 aliphatic heterocycles. The van der Waals surface area contributed by atoms with E-state index in [0.717, 1.165) is 36.4 Å². The predicted octanol–water partition coefficient (Wildman–Crippen LogP) is 5.33. The molecule has 0 aliphatic rings. The summed E-state index contributed by atoms with van der Waals surface area (Å²) < 4.78 is 161. The maximum Gasteiger partial charge on any atom is 0.416 e. The van der Waals surface area contributed by atoms with Crippen LogP contribution in [0.5, 0.6) is 23.3 Å². The van der Waals surface area contributed by atoms with Crippen LogP contribution in [0, 0.1) is 10.1 Å². The molecule has 3 aromatic carbocycles. The third kappa shape index (κ3) is 20.5. The molecular weight excluding hydrogens is 1040 g/mol. The summed E-state index contributed by atoms with van der Waals surface area (Å²) >= 11 is 5.76. The summed E-state index contributed by atoms with van der Waals surface area (Å²) in [5.41, 5.74) is 2.10. The van der Waals surface area contributed by atoms with Gasteiger partial charge in [0.25, 0.3) is 21.6 Å². The van der Waals surface area contributed by atoms with Crippen LogP contribution in [0.4, 0.5) is 47.2 Å². The van der Waals surface area contributed by atoms with E-state index in [2.05, 4.69) is 19.4 Å². The number of nitrogens with zero attached hydrogens (tertiary/aromatic N) is 3. The fourth-order valence-corrected chi connectivity index (χ4v) is 7.01. The second kappa shape index (κ2) is 24.4. The van der Waals surface area contributed by atoms with Crippen LogP contribution in [-0.2, 0) is 35.6 Å². The topological polar surface area (TPSA) is 373 Å². The number of nitro groups is 1. The molecule has 0 saturated heterocycles. The lowest BCUT2D eigenvalue weighted by atomic mass is 10.1. The number of hydrogen-bond donors (Lipinski definition) is 7. The number of aromatic carboxylic acids is 1. The van der Waals surface area contributed by atoms with Gasteiger partial charge in [-0.3, -0.25) is 29.6 Å². The minimum absolute atomic E-state index is 0.0412. The number of carboxylic acid groups (broad SMARTS) is 2. The molecule has 1 heterocycles. The van der Waals surface area contributed by atoms with Gasteiger partial charge in [0.05, 0.1) is 33.4 Å². The Labute approximate surface area is 387 Å². The van der Waals surface area contributed by atoms with E-state index in [9.17, 15) is 81.4 Å². The van der Waals surface area contributed by atoms with Gasteiger partial charge in [-0.15, -0.1) is 0 Å². The summed E-state index contributed by atoms with van der Waals surface area (Å²) in [7, 11) is -11.8. The lowest BCUT2D eigenvalue weighted by molar-refractivity contribution is -0.385. The van der Waals surface area contributed by atoms with E-state index in [4.69, 9.17) is 37.2 Å². The minimum Gasteiger partial charge on any atom is -0.480 e. The first kappa shape index (κ1) is 58.2. The second-order valence-electron chi connectivity index (χ2n) is 12.9. The van der Waals surface area contributed by atoms with E-state index in [1.807, 2.05) is 0 Å². The maximum absolute atomic E-state index is 12.7. The van der Waals surface area contributed by atoms with Crippen molar-refractivity contribution in [3.05, 3.63) is 98.6 Å². The van der Waals surface area contributed by atoms with Crippen LogP contribution in [0.25, 0.3) is 0 Å². The van der Waals surface area contributed by atoms with Crippen LogP contribution in [0.3, 0.4) is 0 Å². The number of anilines is 1. The van der Waals surface area contributed by atoms with Gasteiger partial charge in [0.1, 0.15) is 28.0 Å². The Bertz CT molecular complexity index is 2800. The molecule has 35 heteroatoms. The molecule has 0 bridgehead atoms. The highest BCUT2D eigenvalue weighted by atomic mass is 35.5. The lowest BCUT2D eigenvalue weighted by Crippen LogP contribution is -2.35. The van der Waals surface area contributed by atoms with Crippen LogP contribution in [0.1, 0.15) is 32.7 Å². The summed E-state index contributed by atoms with van der Waals surface area (Å²) in [6.45, 7) is -5.63. The largest absolute Gasteiger partial charge is 0.480 e. The van der Waals surface area contributed by atoms with Crippen molar-refractivity contribution in [1.82, 2.24) is 19.4 Å². The fourth-order valence-electron chi connectivity index (χ4n) is 4.48. The average Bonchev–Trinajstić information content (AvgIpc) is 3.18. The molecule has 2 unspecified atom stereocenters. The number of halogens is 8. The van der Waals surface area contributed by atoms with Gasteiger partial charge in [0, 0.05) is 25.0 Å². The third-order valence-electron chi connectivity index (χ3n) is 7.30. The van der Waals surface area contributed by atoms with Gasteiger partial charge >= 0.3 is 37.4 Å². The highest BCUT2D eigenvalue weighted by Gasteiger charge is 2.31. The first-order chi connectivity index (χ1) is 31.6. The SMILES string of the molecule is CP(=O)(O)CCC(N)C(=O)O.CS(=O)(=O)NC(=O)c1cc(Oc2ccc(C(F)(F)F)cc2Cl)ccc1[N+](=O)[O-].O=C(Nc1nc(OC(F)F)cc(OC(F)F)n1)NS(=O)(=O)c1ccccc1C(=O)O. The van der Waals surface area contributed by atoms with Crippen molar-refractivity contribution in [2.24, 2.45) is 5.73 Å². The van der Waals surface area contributed by atoms with Crippen molar-refractivity contribution in [1.29, 1.82) is 0 Å². The number of carbonyl (C=O) groups excluding carboxylic acids is 2. The van der Waals surface area contributed by atoms with Gasteiger partial charge in [0.2, 0.25) is 27.7 Å². The number of alkyl halides is 7. The van der Waals surface area contributed by atoms with Crippen molar-refractivity contribution in [3.63, 3.8) is 0 Å². The van der Waals surface area contributed by atoms with E-state index < -0.39 is 132 Å². The average molecular weight is 1070 g/mol. The molecule has 0 radical (unpaired) electrons. The number of sulfonamides is 2. The number of carbonyl (C=O) groups is 4. The van der Waals surface area contributed by atoms with Crippen LogP contribution in [0.2, 0.25) is 5.02 Å². The van der Waals surface area contributed by atoms with Crippen molar-refractivity contribution in [2.45, 2.75) is 36.8 Å². The van der Waals surface area contributed by atoms with Gasteiger partial charge in [-0.2, -0.15) is 40.7 Å². The summed E-state index contributed by atoms with van der Waals surface area (Å²) in [5.74, 6) is -7.27. The number of benzene rings is 3. The molecule has 2 atom stereocenters.